The van der Waals surface area contributed by atoms with Crippen LogP contribution in [0.1, 0.15) is 0 Å². The van der Waals surface area contributed by atoms with Crippen LogP contribution in [-0.4, -0.2) is 22.4 Å². The van der Waals surface area contributed by atoms with E-state index in [4.69, 9.17) is 4.79 Å². The van der Waals surface area contributed by atoms with E-state index in [1.807, 2.05) is 42.5 Å². The number of benzene rings is 2. The number of fused-ring (bicyclic) bond motifs is 1. The summed E-state index contributed by atoms with van der Waals surface area (Å²) in [6.07, 6.45) is -5.70. The molecule has 0 saturated heterocycles. The van der Waals surface area contributed by atoms with Crippen LogP contribution in [-0.2, 0) is 4.79 Å². The maximum Gasteiger partial charge on any atom is 0.446 e. The van der Waals surface area contributed by atoms with Crippen molar-refractivity contribution >= 4 is 60.8 Å². The van der Waals surface area contributed by atoms with Gasteiger partial charge in [-0.25, -0.2) is 4.98 Å². The summed E-state index contributed by atoms with van der Waals surface area (Å²) in [6, 6.07) is 13.9. The van der Waals surface area contributed by atoms with E-state index in [2.05, 4.69) is 47.1 Å². The molecule has 0 radical (unpaired) electrons. The maximum absolute atomic E-state index is 10.4. The average Bonchev–Trinajstić information content (AvgIpc) is 2.93. The summed E-state index contributed by atoms with van der Waals surface area (Å²) in [5, 5.41) is 3.27. The third-order valence-electron chi connectivity index (χ3n) is 2.73. The zero-order valence-corrected chi connectivity index (χ0v) is 15.0. The highest BCUT2D eigenvalue weighted by Gasteiger charge is 2.24. The second-order valence-electron chi connectivity index (χ2n) is 4.48. The molecule has 126 valence electrons. The summed E-state index contributed by atoms with van der Waals surface area (Å²) in [6.45, 7) is 0. The Kier molecular flexibility index (Phi) is 6.00. The molecule has 9 heteroatoms. The van der Waals surface area contributed by atoms with Crippen LogP contribution in [0.4, 0.5) is 24.8 Å². The number of hydrogen-bond acceptors (Lipinski definition) is 3. The van der Waals surface area contributed by atoms with Gasteiger partial charge in [-0.2, -0.15) is 13.2 Å². The Balaban J connectivity index is 0.000000301. The van der Waals surface area contributed by atoms with Crippen molar-refractivity contribution in [3.63, 3.8) is 0 Å². The zero-order valence-electron chi connectivity index (χ0n) is 11.9. The van der Waals surface area contributed by atoms with Crippen molar-refractivity contribution < 1.29 is 18.0 Å². The highest BCUT2D eigenvalue weighted by atomic mass is 79.9. The van der Waals surface area contributed by atoms with Gasteiger partial charge < -0.3 is 10.3 Å². The number of rotatable bonds is 2. The summed E-state index contributed by atoms with van der Waals surface area (Å²) < 4.78 is 33.2. The van der Waals surface area contributed by atoms with E-state index in [0.717, 1.165) is 31.6 Å². The molecular formula is C15H10Br2F3N3O. The first-order valence-electron chi connectivity index (χ1n) is 6.49. The van der Waals surface area contributed by atoms with E-state index in [1.165, 1.54) is 0 Å². The largest absolute Gasteiger partial charge is 0.446 e. The molecule has 0 aliphatic rings. The third kappa shape index (κ3) is 5.07. The van der Waals surface area contributed by atoms with Gasteiger partial charge in [0.15, 0.2) is 0 Å². The van der Waals surface area contributed by atoms with Crippen molar-refractivity contribution in [3.8, 4) is 0 Å². The lowest BCUT2D eigenvalue weighted by Crippen LogP contribution is -2.07. The third-order valence-corrected chi connectivity index (χ3v) is 4.05. The molecule has 1 heterocycles. The zero-order chi connectivity index (χ0) is 17.7. The van der Waals surface area contributed by atoms with Crippen LogP contribution in [0.2, 0.25) is 0 Å². The average molecular weight is 465 g/mol. The van der Waals surface area contributed by atoms with Crippen molar-refractivity contribution in [1.82, 2.24) is 9.97 Å². The Morgan fingerprint density at radius 3 is 2.17 bits per heavy atom. The number of para-hydroxylation sites is 3. The molecule has 2 N–H and O–H groups in total. The quantitative estimate of drug-likeness (QED) is 0.487. The van der Waals surface area contributed by atoms with Crippen LogP contribution in [0.3, 0.4) is 0 Å². The number of aldehydes is 1. The molecule has 1 aromatic heterocycles. The van der Waals surface area contributed by atoms with E-state index >= 15 is 0 Å². The number of imidazole rings is 1. The number of anilines is 2. The molecule has 24 heavy (non-hydrogen) atoms. The number of nitrogens with one attached hydrogen (secondary N) is 2. The molecule has 0 aliphatic carbocycles. The van der Waals surface area contributed by atoms with E-state index in [-0.39, 0.29) is 0 Å². The number of aromatic amines is 1. The summed E-state index contributed by atoms with van der Waals surface area (Å²) in [5.41, 5.74) is 2.92. The number of nitrogens with zero attached hydrogens (tertiary/aromatic N) is 1. The lowest BCUT2D eigenvalue weighted by Gasteiger charge is -2.07. The molecule has 0 spiro atoms. The predicted molar refractivity (Wildman–Crippen MR) is 93.3 cm³/mol. The summed E-state index contributed by atoms with van der Waals surface area (Å²) >= 11 is 7.03. The van der Waals surface area contributed by atoms with Crippen LogP contribution in [0, 0.1) is 0 Å². The molecule has 2 aromatic carbocycles. The minimum Gasteiger partial charge on any atom is -0.324 e. The molecule has 0 saturated carbocycles. The van der Waals surface area contributed by atoms with Crippen molar-refractivity contribution in [2.45, 2.75) is 6.18 Å². The molecule has 0 aliphatic heterocycles. The second-order valence-corrected chi connectivity index (χ2v) is 6.19. The van der Waals surface area contributed by atoms with E-state index in [1.54, 1.807) is 0 Å². The van der Waals surface area contributed by atoms with E-state index < -0.39 is 12.5 Å². The second kappa shape index (κ2) is 7.80. The Morgan fingerprint density at radius 1 is 1.04 bits per heavy atom. The lowest BCUT2D eigenvalue weighted by molar-refractivity contribution is -0.156. The molecule has 3 rings (SSSR count). The van der Waals surface area contributed by atoms with Gasteiger partial charge in [0.05, 0.1) is 16.7 Å². The first kappa shape index (κ1) is 18.5. The van der Waals surface area contributed by atoms with Gasteiger partial charge in [-0.05, 0) is 56.1 Å². The number of carbonyl (C=O) groups is 1. The van der Waals surface area contributed by atoms with Gasteiger partial charge in [0.25, 0.3) is 0 Å². The molecule has 4 nitrogen and oxygen atoms in total. The van der Waals surface area contributed by atoms with Crippen LogP contribution in [0.15, 0.2) is 51.4 Å². The summed E-state index contributed by atoms with van der Waals surface area (Å²) in [5.74, 6) is 0.726. The van der Waals surface area contributed by atoms with Crippen molar-refractivity contribution in [2.24, 2.45) is 0 Å². The minimum absolute atomic E-state index is 0.726. The fraction of sp³-hybridized carbons (Fsp3) is 0.0667. The SMILES string of the molecule is Brc1cccc(Br)c1Nc1nc2ccccc2[nH]1.O=CC(F)(F)F. The van der Waals surface area contributed by atoms with Crippen LogP contribution >= 0.6 is 31.9 Å². The molecule has 0 bridgehead atoms. The number of alkyl halides is 3. The van der Waals surface area contributed by atoms with Gasteiger partial charge in [0.1, 0.15) is 0 Å². The Hall–Kier alpha value is -1.87. The molecule has 0 atom stereocenters. The molecule has 0 unspecified atom stereocenters. The van der Waals surface area contributed by atoms with E-state index in [0.29, 0.717) is 0 Å². The number of H-pyrrole nitrogens is 1. The van der Waals surface area contributed by atoms with Crippen LogP contribution in [0.25, 0.3) is 11.0 Å². The normalized spacial score (nSPS) is 10.9. The predicted octanol–water partition coefficient (Wildman–Crippen LogP) is 5.58. The standard InChI is InChI=1S/C13H9Br2N3.C2HF3O/c14-8-4-3-5-9(15)12(8)18-13-16-10-6-1-2-7-11(10)17-13;3-2(4,5)1-6/h1-7H,(H2,16,17,18);1H. The van der Waals surface area contributed by atoms with Crippen LogP contribution in [0.5, 0.6) is 0 Å². The highest BCUT2D eigenvalue weighted by Crippen LogP contribution is 2.32. The number of aromatic nitrogens is 2. The Morgan fingerprint density at radius 2 is 1.62 bits per heavy atom. The van der Waals surface area contributed by atoms with Gasteiger partial charge in [0, 0.05) is 8.95 Å². The van der Waals surface area contributed by atoms with Crippen molar-refractivity contribution in [2.75, 3.05) is 5.32 Å². The molecule has 3 aromatic rings. The Bertz CT molecular complexity index is 796. The maximum atomic E-state index is 10.4. The minimum atomic E-state index is -4.64. The van der Waals surface area contributed by atoms with Gasteiger partial charge >= 0.3 is 6.18 Å². The smallest absolute Gasteiger partial charge is 0.324 e. The number of halogens is 5. The van der Waals surface area contributed by atoms with Gasteiger partial charge in [-0.1, -0.05) is 18.2 Å². The molecular weight excluding hydrogens is 455 g/mol. The number of hydrogen-bond donors (Lipinski definition) is 2. The Labute approximate surface area is 151 Å². The monoisotopic (exact) mass is 463 g/mol. The van der Waals surface area contributed by atoms with Gasteiger partial charge in [-0.15, -0.1) is 0 Å². The first-order valence-corrected chi connectivity index (χ1v) is 8.07. The van der Waals surface area contributed by atoms with Crippen molar-refractivity contribution in [3.05, 3.63) is 51.4 Å². The highest BCUT2D eigenvalue weighted by molar-refractivity contribution is 9.11. The number of carbonyl (C=O) groups excluding carboxylic acids is 1. The first-order chi connectivity index (χ1) is 11.3. The summed E-state index contributed by atoms with van der Waals surface area (Å²) in [7, 11) is 0. The van der Waals surface area contributed by atoms with Gasteiger partial charge in [-0.3, -0.25) is 4.79 Å². The van der Waals surface area contributed by atoms with Crippen molar-refractivity contribution in [1.29, 1.82) is 0 Å². The van der Waals surface area contributed by atoms with Gasteiger partial charge in [0.2, 0.25) is 12.2 Å². The lowest BCUT2D eigenvalue weighted by atomic mass is 10.3. The fourth-order valence-corrected chi connectivity index (χ4v) is 2.94. The summed E-state index contributed by atoms with van der Waals surface area (Å²) in [4.78, 5) is 16.4. The van der Waals surface area contributed by atoms with E-state index in [9.17, 15) is 13.2 Å². The molecule has 0 fully saturated rings. The molecule has 0 amide bonds. The topological polar surface area (TPSA) is 57.8 Å². The fourth-order valence-electron chi connectivity index (χ4n) is 1.75. The van der Waals surface area contributed by atoms with Crippen LogP contribution < -0.4 is 5.32 Å².